The number of hydrogen-bond donors (Lipinski definition) is 3. The Kier molecular flexibility index (Phi) is 39.8. The van der Waals surface area contributed by atoms with E-state index >= 15 is 0 Å². The summed E-state index contributed by atoms with van der Waals surface area (Å²) in [4.78, 5) is 10.4. The normalized spacial score (nSPS) is 12.6. The number of carboxylic acids is 1. The van der Waals surface area contributed by atoms with Crippen LogP contribution < -0.4 is 0 Å². The van der Waals surface area contributed by atoms with Gasteiger partial charge < -0.3 is 15.3 Å². The molecule has 0 aliphatic heterocycles. The second kappa shape index (κ2) is 38.4. The molecule has 42 heavy (non-hydrogen) atoms. The zero-order valence-corrected chi connectivity index (χ0v) is 29.0. The first-order chi connectivity index (χ1) is 20.5. The molecule has 0 aliphatic carbocycles. The highest BCUT2D eigenvalue weighted by molar-refractivity contribution is 5.71. The van der Waals surface area contributed by atoms with E-state index in [-0.39, 0.29) is 6.10 Å². The predicted octanol–water partition coefficient (Wildman–Crippen LogP) is 12.3. The molecule has 0 aromatic carbocycles. The Hall–Kier alpha value is -0.610. The van der Waals surface area contributed by atoms with Gasteiger partial charge in [-0.3, -0.25) is 0 Å². The number of carboxylic acid groups (broad SMARTS) is 1. The van der Waals surface area contributed by atoms with Gasteiger partial charge in [0.05, 0.1) is 6.10 Å². The second-order valence-corrected chi connectivity index (χ2v) is 13.1. The lowest BCUT2D eigenvalue weighted by Crippen LogP contribution is -2.18. The first-order valence-corrected chi connectivity index (χ1v) is 19.1. The molecule has 2 unspecified atom stereocenters. The molecule has 4 heteroatoms. The maximum absolute atomic E-state index is 10.4. The maximum atomic E-state index is 10.4. The van der Waals surface area contributed by atoms with Gasteiger partial charge in [-0.2, -0.15) is 0 Å². The van der Waals surface area contributed by atoms with Crippen molar-refractivity contribution >= 4 is 5.97 Å². The van der Waals surface area contributed by atoms with Crippen molar-refractivity contribution < 1.29 is 20.1 Å². The molecule has 0 rings (SSSR count). The summed E-state index contributed by atoms with van der Waals surface area (Å²) >= 11 is 0. The van der Waals surface area contributed by atoms with Crippen molar-refractivity contribution in [3.05, 3.63) is 0 Å². The molecule has 2 atom stereocenters. The van der Waals surface area contributed by atoms with Crippen LogP contribution in [-0.2, 0) is 4.79 Å². The fraction of sp³-hybridized carbons (Fsp3) is 0.974. The van der Waals surface area contributed by atoms with Crippen molar-refractivity contribution in [2.75, 3.05) is 0 Å². The van der Waals surface area contributed by atoms with Gasteiger partial charge in [0.2, 0.25) is 0 Å². The van der Waals surface area contributed by atoms with E-state index in [4.69, 9.17) is 10.2 Å². The lowest BCUT2D eigenvalue weighted by Gasteiger charge is -2.10. The second-order valence-electron chi connectivity index (χ2n) is 13.1. The minimum atomic E-state index is -1.16. The van der Waals surface area contributed by atoms with Crippen molar-refractivity contribution in [1.82, 2.24) is 0 Å². The van der Waals surface area contributed by atoms with Gasteiger partial charge in [0.1, 0.15) is 0 Å². The predicted molar refractivity (Wildman–Crippen MR) is 184 cm³/mol. The Morgan fingerprint density at radius 2 is 0.595 bits per heavy atom. The van der Waals surface area contributed by atoms with Crippen LogP contribution in [0.25, 0.3) is 0 Å². The van der Waals surface area contributed by atoms with Gasteiger partial charge in [-0.25, -0.2) is 4.79 Å². The molecule has 0 heterocycles. The molecule has 0 bridgehead atoms. The minimum Gasteiger partial charge on any atom is -0.479 e. The Bertz CT molecular complexity index is 495. The van der Waals surface area contributed by atoms with Crippen LogP contribution in [0.5, 0.6) is 0 Å². The SMILES string of the molecule is CCCCCCCCCCCC(O)CCCCCCCC.CCCCCCCCCCCCCCCCC(O)C(=O)O. The molecule has 0 spiro atoms. The Morgan fingerprint density at radius 1 is 0.381 bits per heavy atom. The first kappa shape index (κ1) is 43.5. The van der Waals surface area contributed by atoms with E-state index in [0.29, 0.717) is 6.42 Å². The zero-order chi connectivity index (χ0) is 31.4. The molecule has 0 amide bonds. The molecule has 0 saturated carbocycles. The lowest BCUT2D eigenvalue weighted by molar-refractivity contribution is -0.146. The van der Waals surface area contributed by atoms with Crippen molar-refractivity contribution in [2.45, 2.75) is 238 Å². The maximum Gasteiger partial charge on any atom is 0.332 e. The topological polar surface area (TPSA) is 77.8 Å². The first-order valence-electron chi connectivity index (χ1n) is 19.1. The quantitative estimate of drug-likeness (QED) is 0.0656. The molecular formula is C38H78O4. The van der Waals surface area contributed by atoms with Crippen molar-refractivity contribution in [2.24, 2.45) is 0 Å². The summed E-state index contributed by atoms with van der Waals surface area (Å²) in [6.07, 6.45) is 39.6. The molecule has 0 radical (unpaired) electrons. The molecule has 4 nitrogen and oxygen atoms in total. The van der Waals surface area contributed by atoms with Gasteiger partial charge in [0.25, 0.3) is 0 Å². The number of hydrogen-bond acceptors (Lipinski definition) is 3. The van der Waals surface area contributed by atoms with Gasteiger partial charge in [-0.05, 0) is 19.3 Å². The van der Waals surface area contributed by atoms with Gasteiger partial charge in [0.15, 0.2) is 6.10 Å². The van der Waals surface area contributed by atoms with Crippen molar-refractivity contribution in [1.29, 1.82) is 0 Å². The van der Waals surface area contributed by atoms with Crippen LogP contribution in [0, 0.1) is 0 Å². The highest BCUT2D eigenvalue weighted by Crippen LogP contribution is 2.16. The number of aliphatic carboxylic acids is 1. The highest BCUT2D eigenvalue weighted by atomic mass is 16.4. The van der Waals surface area contributed by atoms with Gasteiger partial charge in [-0.15, -0.1) is 0 Å². The average molecular weight is 599 g/mol. The van der Waals surface area contributed by atoms with Crippen LogP contribution in [0.2, 0.25) is 0 Å². The fourth-order valence-corrected chi connectivity index (χ4v) is 5.65. The van der Waals surface area contributed by atoms with Crippen LogP contribution in [-0.4, -0.2) is 33.5 Å². The summed E-state index contributed by atoms with van der Waals surface area (Å²) < 4.78 is 0. The summed E-state index contributed by atoms with van der Waals surface area (Å²) in [5, 5.41) is 27.6. The van der Waals surface area contributed by atoms with E-state index < -0.39 is 12.1 Å². The summed E-state index contributed by atoms with van der Waals surface area (Å²) in [6, 6.07) is 0. The summed E-state index contributed by atoms with van der Waals surface area (Å²) in [5.41, 5.74) is 0. The number of unbranched alkanes of at least 4 members (excludes halogenated alkanes) is 26. The summed E-state index contributed by atoms with van der Waals surface area (Å²) in [6.45, 7) is 6.79. The molecule has 0 aromatic rings. The van der Waals surface area contributed by atoms with Crippen LogP contribution in [0.3, 0.4) is 0 Å². The summed E-state index contributed by atoms with van der Waals surface area (Å²) in [5.74, 6) is -1.09. The summed E-state index contributed by atoms with van der Waals surface area (Å²) in [7, 11) is 0. The average Bonchev–Trinajstić information content (AvgIpc) is 2.98. The molecule has 0 aliphatic rings. The molecule has 0 aromatic heterocycles. The Labute approximate surface area is 264 Å². The molecule has 0 fully saturated rings. The van der Waals surface area contributed by atoms with Crippen LogP contribution in [0.15, 0.2) is 0 Å². The van der Waals surface area contributed by atoms with Crippen LogP contribution in [0.1, 0.15) is 226 Å². The number of aliphatic hydroxyl groups excluding tert-OH is 2. The van der Waals surface area contributed by atoms with E-state index in [1.807, 2.05) is 0 Å². The Balaban J connectivity index is 0. The monoisotopic (exact) mass is 599 g/mol. The zero-order valence-electron chi connectivity index (χ0n) is 29.0. The standard InChI is InChI=1S/C20H42O.C18H36O3/c1-3-5-7-9-11-12-13-15-17-19-20(21)18-16-14-10-8-6-4-2;1-2-3-4-5-6-7-8-9-10-11-12-13-14-15-16-17(19)18(20)21/h20-21H,3-19H2,1-2H3;17,19H,2-16H2,1H3,(H,20,21). The third-order valence-electron chi connectivity index (χ3n) is 8.65. The van der Waals surface area contributed by atoms with E-state index in [1.165, 1.54) is 173 Å². The molecule has 0 saturated heterocycles. The smallest absolute Gasteiger partial charge is 0.332 e. The van der Waals surface area contributed by atoms with Gasteiger partial charge in [-0.1, -0.05) is 207 Å². The number of carbonyl (C=O) groups is 1. The van der Waals surface area contributed by atoms with Crippen molar-refractivity contribution in [3.8, 4) is 0 Å². The van der Waals surface area contributed by atoms with Gasteiger partial charge in [0, 0.05) is 0 Å². The van der Waals surface area contributed by atoms with E-state index in [9.17, 15) is 9.90 Å². The molecule has 254 valence electrons. The lowest BCUT2D eigenvalue weighted by atomic mass is 10.0. The fourth-order valence-electron chi connectivity index (χ4n) is 5.65. The van der Waals surface area contributed by atoms with Gasteiger partial charge >= 0.3 is 5.97 Å². The van der Waals surface area contributed by atoms with E-state index in [0.717, 1.165) is 25.7 Å². The van der Waals surface area contributed by atoms with Crippen molar-refractivity contribution in [3.63, 3.8) is 0 Å². The third-order valence-corrected chi connectivity index (χ3v) is 8.65. The number of aliphatic hydroxyl groups is 2. The molecule has 3 N–H and O–H groups in total. The largest absolute Gasteiger partial charge is 0.479 e. The van der Waals surface area contributed by atoms with Crippen LogP contribution in [0.4, 0.5) is 0 Å². The molecular weight excluding hydrogens is 520 g/mol. The van der Waals surface area contributed by atoms with E-state index in [2.05, 4.69) is 20.8 Å². The third kappa shape index (κ3) is 39.4. The Morgan fingerprint density at radius 3 is 0.833 bits per heavy atom. The highest BCUT2D eigenvalue weighted by Gasteiger charge is 2.11. The number of rotatable bonds is 33. The minimum absolute atomic E-state index is 0.0271. The van der Waals surface area contributed by atoms with Crippen LogP contribution >= 0.6 is 0 Å². The van der Waals surface area contributed by atoms with E-state index in [1.54, 1.807) is 0 Å².